The molecule has 0 aliphatic carbocycles. The number of aromatic nitrogens is 1. The van der Waals surface area contributed by atoms with Crippen LogP contribution in [0.5, 0.6) is 11.5 Å². The third-order valence-electron chi connectivity index (χ3n) is 3.01. The number of carbonyl (C=O) groups excluding carboxylic acids is 2. The number of carbonyl (C=O) groups is 2. The summed E-state index contributed by atoms with van der Waals surface area (Å²) < 4.78 is 10.9. The largest absolute Gasteiger partial charge is 0.490 e. The summed E-state index contributed by atoms with van der Waals surface area (Å²) in [5, 5.41) is 5.00. The molecule has 0 spiro atoms. The first kappa shape index (κ1) is 18.5. The lowest BCUT2D eigenvalue weighted by molar-refractivity contribution is -0.133. The minimum atomic E-state index is -0.859. The molecule has 0 aliphatic heterocycles. The van der Waals surface area contributed by atoms with Gasteiger partial charge in [0.2, 0.25) is 0 Å². The zero-order valence-electron chi connectivity index (χ0n) is 13.8. The van der Waals surface area contributed by atoms with Gasteiger partial charge in [-0.25, -0.2) is 4.98 Å². The number of ether oxygens (including phenoxy) is 2. The molecule has 0 saturated heterocycles. The fraction of sp³-hybridized carbons (Fsp3) is 0.235. The van der Waals surface area contributed by atoms with Gasteiger partial charge in [0.1, 0.15) is 0 Å². The number of hydrogen-bond donors (Lipinski definition) is 2. The number of rotatable bonds is 6. The minimum Gasteiger partial charge on any atom is -0.490 e. The summed E-state index contributed by atoms with van der Waals surface area (Å²) in [6.45, 7) is 4.63. The first-order valence-electron chi connectivity index (χ1n) is 7.67. The Kier molecular flexibility index (Phi) is 6.59. The summed E-state index contributed by atoms with van der Waals surface area (Å²) in [6, 6.07) is 8.03. The Balaban J connectivity index is 2.07. The average Bonchev–Trinajstić information content (AvgIpc) is 2.59. The maximum Gasteiger partial charge on any atom is 0.314 e. The van der Waals surface area contributed by atoms with Crippen LogP contribution in [0.25, 0.3) is 0 Å². The highest BCUT2D eigenvalue weighted by molar-refractivity contribution is 6.44. The second kappa shape index (κ2) is 8.89. The molecule has 0 unspecified atom stereocenters. The molecular formula is C17H18ClN3O4. The number of pyridine rings is 1. The topological polar surface area (TPSA) is 89.5 Å². The Bertz CT molecular complexity index is 767. The van der Waals surface area contributed by atoms with E-state index in [0.29, 0.717) is 30.4 Å². The highest BCUT2D eigenvalue weighted by Crippen LogP contribution is 2.30. The van der Waals surface area contributed by atoms with Crippen LogP contribution in [-0.2, 0) is 9.59 Å². The quantitative estimate of drug-likeness (QED) is 0.608. The van der Waals surface area contributed by atoms with Crippen molar-refractivity contribution in [1.29, 1.82) is 0 Å². The highest BCUT2D eigenvalue weighted by Gasteiger charge is 2.16. The lowest BCUT2D eigenvalue weighted by atomic mass is 10.2. The number of nitrogens with zero attached hydrogens (tertiary/aromatic N) is 1. The molecule has 0 bridgehead atoms. The van der Waals surface area contributed by atoms with Crippen molar-refractivity contribution in [2.75, 3.05) is 23.8 Å². The van der Waals surface area contributed by atoms with E-state index in [4.69, 9.17) is 21.1 Å². The molecular weight excluding hydrogens is 346 g/mol. The predicted octanol–water partition coefficient (Wildman–Crippen LogP) is 3.11. The maximum absolute atomic E-state index is 12.0. The summed E-state index contributed by atoms with van der Waals surface area (Å²) in [5.41, 5.74) is 0.662. The Labute approximate surface area is 150 Å². The number of anilines is 2. The van der Waals surface area contributed by atoms with Gasteiger partial charge in [0.25, 0.3) is 0 Å². The molecule has 1 heterocycles. The molecule has 25 heavy (non-hydrogen) atoms. The second-order valence-electron chi connectivity index (χ2n) is 4.78. The first-order valence-corrected chi connectivity index (χ1v) is 8.05. The van der Waals surface area contributed by atoms with Crippen molar-refractivity contribution in [3.8, 4) is 11.5 Å². The molecule has 0 radical (unpaired) electrons. The first-order chi connectivity index (χ1) is 12.0. The van der Waals surface area contributed by atoms with Gasteiger partial charge in [0.05, 0.1) is 18.9 Å². The van der Waals surface area contributed by atoms with Crippen LogP contribution in [-0.4, -0.2) is 30.0 Å². The molecule has 0 saturated carbocycles. The fourth-order valence-corrected chi connectivity index (χ4v) is 2.14. The summed E-state index contributed by atoms with van der Waals surface area (Å²) >= 11 is 5.85. The number of hydrogen-bond acceptors (Lipinski definition) is 5. The summed E-state index contributed by atoms with van der Waals surface area (Å²) in [5.74, 6) is -0.653. The summed E-state index contributed by atoms with van der Waals surface area (Å²) in [4.78, 5) is 27.9. The zero-order valence-corrected chi connectivity index (χ0v) is 14.6. The van der Waals surface area contributed by atoms with Crippen molar-refractivity contribution < 1.29 is 19.1 Å². The van der Waals surface area contributed by atoms with Crippen LogP contribution in [0.1, 0.15) is 13.8 Å². The van der Waals surface area contributed by atoms with Gasteiger partial charge >= 0.3 is 11.8 Å². The van der Waals surface area contributed by atoms with Gasteiger partial charge in [-0.3, -0.25) is 9.59 Å². The maximum atomic E-state index is 12.0. The Morgan fingerprint density at radius 3 is 2.40 bits per heavy atom. The number of benzene rings is 1. The van der Waals surface area contributed by atoms with E-state index in [2.05, 4.69) is 15.6 Å². The normalized spacial score (nSPS) is 10.0. The van der Waals surface area contributed by atoms with Crippen LogP contribution < -0.4 is 20.1 Å². The molecule has 1 aromatic carbocycles. The van der Waals surface area contributed by atoms with E-state index >= 15 is 0 Å². The Hall–Kier alpha value is -2.80. The van der Waals surface area contributed by atoms with E-state index < -0.39 is 11.8 Å². The number of halogens is 1. The van der Waals surface area contributed by atoms with Gasteiger partial charge in [-0.1, -0.05) is 11.6 Å². The van der Waals surface area contributed by atoms with Gasteiger partial charge in [-0.2, -0.15) is 0 Å². The minimum absolute atomic E-state index is 0.100. The number of amides is 2. The summed E-state index contributed by atoms with van der Waals surface area (Å²) in [7, 11) is 0. The fourth-order valence-electron chi connectivity index (χ4n) is 1.98. The van der Waals surface area contributed by atoms with Crippen LogP contribution in [0.4, 0.5) is 11.4 Å². The molecule has 8 heteroatoms. The number of nitrogens with one attached hydrogen (secondary N) is 2. The van der Waals surface area contributed by atoms with Crippen LogP contribution in [0.15, 0.2) is 36.5 Å². The van der Waals surface area contributed by atoms with E-state index in [1.54, 1.807) is 30.3 Å². The molecule has 2 rings (SSSR count). The van der Waals surface area contributed by atoms with Crippen LogP contribution in [0, 0.1) is 0 Å². The molecule has 2 aromatic rings. The van der Waals surface area contributed by atoms with Crippen LogP contribution >= 0.6 is 11.6 Å². The Morgan fingerprint density at radius 2 is 1.72 bits per heavy atom. The Morgan fingerprint density at radius 1 is 1.04 bits per heavy atom. The standard InChI is InChI=1S/C17H18ClN3O4/c1-3-24-13-8-7-11(10-14(13)25-4-2)20-16(22)17(23)21-12-6-5-9-19-15(12)18/h5-10H,3-4H2,1-2H3,(H,20,22)(H,21,23). The van der Waals surface area contributed by atoms with Gasteiger partial charge in [0, 0.05) is 18.0 Å². The van der Waals surface area contributed by atoms with Crippen LogP contribution in [0.2, 0.25) is 5.15 Å². The van der Waals surface area contributed by atoms with E-state index in [1.807, 2.05) is 13.8 Å². The van der Waals surface area contributed by atoms with Crippen molar-refractivity contribution >= 4 is 34.8 Å². The molecule has 0 fully saturated rings. The smallest absolute Gasteiger partial charge is 0.314 e. The third-order valence-corrected chi connectivity index (χ3v) is 3.32. The highest BCUT2D eigenvalue weighted by atomic mass is 35.5. The van der Waals surface area contributed by atoms with Crippen molar-refractivity contribution in [2.45, 2.75) is 13.8 Å². The van der Waals surface area contributed by atoms with Gasteiger partial charge in [0.15, 0.2) is 16.7 Å². The summed E-state index contributed by atoms with van der Waals surface area (Å²) in [6.07, 6.45) is 1.48. The van der Waals surface area contributed by atoms with Crippen molar-refractivity contribution in [3.63, 3.8) is 0 Å². The molecule has 1 aromatic heterocycles. The van der Waals surface area contributed by atoms with Crippen molar-refractivity contribution in [2.24, 2.45) is 0 Å². The van der Waals surface area contributed by atoms with E-state index in [-0.39, 0.29) is 10.8 Å². The molecule has 0 atom stereocenters. The SMILES string of the molecule is CCOc1ccc(NC(=O)C(=O)Nc2cccnc2Cl)cc1OCC. The lowest BCUT2D eigenvalue weighted by Crippen LogP contribution is -2.29. The van der Waals surface area contributed by atoms with Crippen LogP contribution in [0.3, 0.4) is 0 Å². The molecule has 2 N–H and O–H groups in total. The van der Waals surface area contributed by atoms with E-state index in [0.717, 1.165) is 0 Å². The van der Waals surface area contributed by atoms with E-state index in [9.17, 15) is 9.59 Å². The van der Waals surface area contributed by atoms with Crippen molar-refractivity contribution in [3.05, 3.63) is 41.7 Å². The lowest BCUT2D eigenvalue weighted by Gasteiger charge is -2.13. The molecule has 7 nitrogen and oxygen atoms in total. The van der Waals surface area contributed by atoms with Crippen molar-refractivity contribution in [1.82, 2.24) is 4.98 Å². The van der Waals surface area contributed by atoms with Gasteiger partial charge < -0.3 is 20.1 Å². The van der Waals surface area contributed by atoms with Gasteiger partial charge in [-0.15, -0.1) is 0 Å². The average molecular weight is 364 g/mol. The molecule has 132 valence electrons. The van der Waals surface area contributed by atoms with Gasteiger partial charge in [-0.05, 0) is 38.1 Å². The molecule has 2 amide bonds. The predicted molar refractivity (Wildman–Crippen MR) is 95.3 cm³/mol. The zero-order chi connectivity index (χ0) is 18.2. The van der Waals surface area contributed by atoms with E-state index in [1.165, 1.54) is 6.20 Å². The third kappa shape index (κ3) is 5.09. The second-order valence-corrected chi connectivity index (χ2v) is 5.14. The monoisotopic (exact) mass is 363 g/mol. The molecule has 0 aliphatic rings.